The Bertz CT molecular complexity index is 563. The standard InChI is InChI=1S/C16H22N4/c1-12-5-7-15(8-6-12)20(10-4-9-17)16-14(3)18-11-13(2)19-16/h5-8,11H,4,9-10,17H2,1-3H3. The van der Waals surface area contributed by atoms with Crippen LogP contribution < -0.4 is 10.6 Å². The van der Waals surface area contributed by atoms with E-state index in [1.165, 1.54) is 5.56 Å². The fraction of sp³-hybridized carbons (Fsp3) is 0.375. The van der Waals surface area contributed by atoms with Crippen LogP contribution in [0, 0.1) is 20.8 Å². The summed E-state index contributed by atoms with van der Waals surface area (Å²) < 4.78 is 0. The van der Waals surface area contributed by atoms with E-state index in [-0.39, 0.29) is 0 Å². The Kier molecular flexibility index (Phi) is 4.69. The van der Waals surface area contributed by atoms with Gasteiger partial charge in [-0.1, -0.05) is 17.7 Å². The molecule has 0 atom stereocenters. The highest BCUT2D eigenvalue weighted by atomic mass is 15.2. The molecule has 0 saturated heterocycles. The van der Waals surface area contributed by atoms with E-state index in [0.29, 0.717) is 6.54 Å². The van der Waals surface area contributed by atoms with Crippen molar-refractivity contribution in [1.82, 2.24) is 9.97 Å². The minimum Gasteiger partial charge on any atom is -0.330 e. The molecule has 0 aliphatic heterocycles. The van der Waals surface area contributed by atoms with Crippen molar-refractivity contribution < 1.29 is 0 Å². The molecule has 0 unspecified atom stereocenters. The maximum atomic E-state index is 5.66. The van der Waals surface area contributed by atoms with E-state index in [4.69, 9.17) is 5.73 Å². The predicted molar refractivity (Wildman–Crippen MR) is 83.4 cm³/mol. The zero-order chi connectivity index (χ0) is 14.5. The lowest BCUT2D eigenvalue weighted by atomic mass is 10.2. The highest BCUT2D eigenvalue weighted by Gasteiger charge is 2.14. The first-order chi connectivity index (χ1) is 9.61. The highest BCUT2D eigenvalue weighted by molar-refractivity contribution is 5.61. The molecular weight excluding hydrogens is 248 g/mol. The van der Waals surface area contributed by atoms with E-state index in [1.807, 2.05) is 13.8 Å². The van der Waals surface area contributed by atoms with Crippen LogP contribution in [0.4, 0.5) is 11.5 Å². The largest absolute Gasteiger partial charge is 0.330 e. The fourth-order valence-electron chi connectivity index (χ4n) is 2.11. The Hall–Kier alpha value is -1.94. The SMILES string of the molecule is Cc1ccc(N(CCCN)c2nc(C)cnc2C)cc1. The lowest BCUT2D eigenvalue weighted by molar-refractivity contribution is 0.802. The number of nitrogens with zero attached hydrogens (tertiary/aromatic N) is 3. The third kappa shape index (κ3) is 3.33. The van der Waals surface area contributed by atoms with E-state index in [2.05, 4.69) is 46.1 Å². The van der Waals surface area contributed by atoms with E-state index < -0.39 is 0 Å². The molecule has 2 aromatic rings. The zero-order valence-electron chi connectivity index (χ0n) is 12.4. The minimum absolute atomic E-state index is 0.667. The summed E-state index contributed by atoms with van der Waals surface area (Å²) in [6.45, 7) is 7.56. The number of rotatable bonds is 5. The van der Waals surface area contributed by atoms with Crippen molar-refractivity contribution in [3.8, 4) is 0 Å². The Balaban J connectivity index is 2.41. The molecule has 2 rings (SSSR count). The fourth-order valence-corrected chi connectivity index (χ4v) is 2.11. The molecule has 2 N–H and O–H groups in total. The molecule has 1 aromatic carbocycles. The van der Waals surface area contributed by atoms with E-state index in [0.717, 1.165) is 35.9 Å². The lowest BCUT2D eigenvalue weighted by Crippen LogP contribution is -2.23. The summed E-state index contributed by atoms with van der Waals surface area (Å²) in [7, 11) is 0. The van der Waals surface area contributed by atoms with Gasteiger partial charge in [-0.05, 0) is 45.9 Å². The van der Waals surface area contributed by atoms with Crippen molar-refractivity contribution in [2.75, 3.05) is 18.0 Å². The van der Waals surface area contributed by atoms with Gasteiger partial charge in [-0.2, -0.15) is 0 Å². The van der Waals surface area contributed by atoms with E-state index in [9.17, 15) is 0 Å². The minimum atomic E-state index is 0.667. The van der Waals surface area contributed by atoms with Gasteiger partial charge in [0.15, 0.2) is 5.82 Å². The highest BCUT2D eigenvalue weighted by Crippen LogP contribution is 2.26. The van der Waals surface area contributed by atoms with E-state index in [1.54, 1.807) is 6.20 Å². The van der Waals surface area contributed by atoms with Crippen LogP contribution in [0.3, 0.4) is 0 Å². The maximum absolute atomic E-state index is 5.66. The Morgan fingerprint density at radius 1 is 1.10 bits per heavy atom. The van der Waals surface area contributed by atoms with Gasteiger partial charge < -0.3 is 10.6 Å². The average Bonchev–Trinajstić information content (AvgIpc) is 2.44. The van der Waals surface area contributed by atoms with Crippen LogP contribution in [0.25, 0.3) is 0 Å². The predicted octanol–water partition coefficient (Wildman–Crippen LogP) is 2.89. The van der Waals surface area contributed by atoms with Crippen molar-refractivity contribution >= 4 is 11.5 Å². The molecule has 0 amide bonds. The van der Waals surface area contributed by atoms with Crippen molar-refractivity contribution in [3.05, 3.63) is 47.4 Å². The van der Waals surface area contributed by atoms with Crippen LogP contribution in [0.2, 0.25) is 0 Å². The molecule has 20 heavy (non-hydrogen) atoms. The molecule has 0 aliphatic rings. The smallest absolute Gasteiger partial charge is 0.154 e. The third-order valence-corrected chi connectivity index (χ3v) is 3.24. The molecule has 4 nitrogen and oxygen atoms in total. The second-order valence-electron chi connectivity index (χ2n) is 5.05. The summed E-state index contributed by atoms with van der Waals surface area (Å²) in [6, 6.07) is 8.47. The Labute approximate surface area is 120 Å². The van der Waals surface area contributed by atoms with Crippen LogP contribution in [-0.4, -0.2) is 23.1 Å². The maximum Gasteiger partial charge on any atom is 0.154 e. The van der Waals surface area contributed by atoms with Gasteiger partial charge >= 0.3 is 0 Å². The number of benzene rings is 1. The number of nitrogens with two attached hydrogens (primary N) is 1. The number of anilines is 2. The van der Waals surface area contributed by atoms with E-state index >= 15 is 0 Å². The molecule has 1 heterocycles. The first-order valence-electron chi connectivity index (χ1n) is 6.96. The van der Waals surface area contributed by atoms with Crippen LogP contribution >= 0.6 is 0 Å². The Morgan fingerprint density at radius 2 is 1.80 bits per heavy atom. The van der Waals surface area contributed by atoms with Crippen molar-refractivity contribution in [2.24, 2.45) is 5.73 Å². The molecule has 1 aromatic heterocycles. The summed E-state index contributed by atoms with van der Waals surface area (Å²) in [6.07, 6.45) is 2.72. The first-order valence-corrected chi connectivity index (χ1v) is 6.96. The average molecular weight is 270 g/mol. The third-order valence-electron chi connectivity index (χ3n) is 3.24. The quantitative estimate of drug-likeness (QED) is 0.907. The van der Waals surface area contributed by atoms with Gasteiger partial charge in [-0.15, -0.1) is 0 Å². The first kappa shape index (κ1) is 14.5. The normalized spacial score (nSPS) is 10.6. The lowest BCUT2D eigenvalue weighted by Gasteiger charge is -2.25. The number of hydrogen-bond donors (Lipinski definition) is 1. The monoisotopic (exact) mass is 270 g/mol. The van der Waals surface area contributed by atoms with Gasteiger partial charge in [0.1, 0.15) is 0 Å². The second-order valence-corrected chi connectivity index (χ2v) is 5.05. The summed E-state index contributed by atoms with van der Waals surface area (Å²) in [5.41, 5.74) is 9.91. The summed E-state index contributed by atoms with van der Waals surface area (Å²) in [4.78, 5) is 11.3. The summed E-state index contributed by atoms with van der Waals surface area (Å²) in [5.74, 6) is 0.919. The molecule has 0 radical (unpaired) electrons. The van der Waals surface area contributed by atoms with Gasteiger partial charge in [0.05, 0.1) is 11.4 Å². The zero-order valence-corrected chi connectivity index (χ0v) is 12.4. The van der Waals surface area contributed by atoms with Crippen molar-refractivity contribution in [3.63, 3.8) is 0 Å². The van der Waals surface area contributed by atoms with Gasteiger partial charge in [-0.25, -0.2) is 4.98 Å². The summed E-state index contributed by atoms with van der Waals surface area (Å²) >= 11 is 0. The van der Waals surface area contributed by atoms with Gasteiger partial charge in [0, 0.05) is 18.4 Å². The topological polar surface area (TPSA) is 55.0 Å². The van der Waals surface area contributed by atoms with Crippen LogP contribution in [0.15, 0.2) is 30.5 Å². The molecule has 0 bridgehead atoms. The Morgan fingerprint density at radius 3 is 2.45 bits per heavy atom. The molecule has 106 valence electrons. The number of aromatic nitrogens is 2. The number of aryl methyl sites for hydroxylation is 3. The molecule has 0 spiro atoms. The van der Waals surface area contributed by atoms with Crippen LogP contribution in [0.5, 0.6) is 0 Å². The van der Waals surface area contributed by atoms with Gasteiger partial charge in [0.2, 0.25) is 0 Å². The number of hydrogen-bond acceptors (Lipinski definition) is 4. The van der Waals surface area contributed by atoms with Crippen LogP contribution in [0.1, 0.15) is 23.4 Å². The van der Waals surface area contributed by atoms with Gasteiger partial charge in [0.25, 0.3) is 0 Å². The summed E-state index contributed by atoms with van der Waals surface area (Å²) in [5, 5.41) is 0. The molecular formula is C16H22N4. The van der Waals surface area contributed by atoms with Crippen molar-refractivity contribution in [1.29, 1.82) is 0 Å². The van der Waals surface area contributed by atoms with Crippen LogP contribution in [-0.2, 0) is 0 Å². The molecule has 0 fully saturated rings. The molecule has 0 saturated carbocycles. The molecule has 4 heteroatoms. The second kappa shape index (κ2) is 6.48. The molecule has 0 aliphatic carbocycles. The van der Waals surface area contributed by atoms with Gasteiger partial charge in [-0.3, -0.25) is 4.98 Å². The van der Waals surface area contributed by atoms with Crippen molar-refractivity contribution in [2.45, 2.75) is 27.2 Å².